The van der Waals surface area contributed by atoms with Crippen LogP contribution in [0.15, 0.2) is 0 Å². The van der Waals surface area contributed by atoms with Gasteiger partial charge in [0.2, 0.25) is 0 Å². The zero-order valence-electron chi connectivity index (χ0n) is 6.86. The van der Waals surface area contributed by atoms with E-state index in [1.807, 2.05) is 0 Å². The molecule has 0 aromatic carbocycles. The summed E-state index contributed by atoms with van der Waals surface area (Å²) in [5.74, 6) is 0. The minimum atomic E-state index is 0. The van der Waals surface area contributed by atoms with Gasteiger partial charge in [-0.05, 0) is 0 Å². The van der Waals surface area contributed by atoms with Gasteiger partial charge in [-0.1, -0.05) is 12.2 Å². The standard InChI is InChI=1S/C2H5NS2.2Na.2H/c1-3-2(4)5;;;;/h1H3,(H2,3,4,5);;;;/q;2*+1;2*-1. The van der Waals surface area contributed by atoms with Crippen LogP contribution in [0.25, 0.3) is 0 Å². The van der Waals surface area contributed by atoms with Gasteiger partial charge in [0.05, 0.1) is 0 Å². The number of nitrogens with one attached hydrogen (secondary N) is 1. The molecule has 0 radical (unpaired) electrons. The molecule has 0 unspecified atom stereocenters. The molecule has 7 heavy (non-hydrogen) atoms. The molecule has 0 saturated heterocycles. The van der Waals surface area contributed by atoms with Gasteiger partial charge in [0.15, 0.2) is 0 Å². The van der Waals surface area contributed by atoms with E-state index in [1.165, 1.54) is 0 Å². The topological polar surface area (TPSA) is 12.0 Å². The van der Waals surface area contributed by atoms with Crippen molar-refractivity contribution in [2.24, 2.45) is 0 Å². The Morgan fingerprint density at radius 2 is 1.86 bits per heavy atom. The molecule has 0 saturated carbocycles. The molecule has 0 aliphatic carbocycles. The summed E-state index contributed by atoms with van der Waals surface area (Å²) in [4.78, 5) is 0. The molecule has 34 valence electrons. The van der Waals surface area contributed by atoms with Crippen LogP contribution in [0.5, 0.6) is 0 Å². The predicted molar refractivity (Wildman–Crippen MR) is 32.9 cm³/mol. The first-order valence-electron chi connectivity index (χ1n) is 1.18. The summed E-state index contributed by atoms with van der Waals surface area (Å²) in [5.41, 5.74) is 0. The van der Waals surface area contributed by atoms with Gasteiger partial charge in [-0.3, -0.25) is 0 Å². The van der Waals surface area contributed by atoms with Crippen LogP contribution in [0, 0.1) is 0 Å². The summed E-state index contributed by atoms with van der Waals surface area (Å²) in [6.07, 6.45) is 0. The van der Waals surface area contributed by atoms with Crippen molar-refractivity contribution in [3.8, 4) is 0 Å². The molecule has 0 aliphatic rings. The zero-order valence-corrected chi connectivity index (χ0v) is 10.6. The van der Waals surface area contributed by atoms with Crippen molar-refractivity contribution in [2.45, 2.75) is 0 Å². The van der Waals surface area contributed by atoms with Gasteiger partial charge in [-0.2, -0.15) is 0 Å². The van der Waals surface area contributed by atoms with E-state index >= 15 is 0 Å². The van der Waals surface area contributed by atoms with E-state index < -0.39 is 0 Å². The molecule has 0 rings (SSSR count). The van der Waals surface area contributed by atoms with E-state index in [9.17, 15) is 0 Å². The van der Waals surface area contributed by atoms with Crippen molar-refractivity contribution >= 4 is 29.2 Å². The second-order valence-electron chi connectivity index (χ2n) is 0.555. The van der Waals surface area contributed by atoms with Crippen molar-refractivity contribution in [3.05, 3.63) is 0 Å². The summed E-state index contributed by atoms with van der Waals surface area (Å²) in [5, 5.41) is 2.62. The Labute approximate surface area is 102 Å². The van der Waals surface area contributed by atoms with Crippen LogP contribution >= 0.6 is 24.8 Å². The maximum Gasteiger partial charge on any atom is 1.00 e. The molecule has 0 aromatic heterocycles. The van der Waals surface area contributed by atoms with Crippen LogP contribution in [0.3, 0.4) is 0 Å². The van der Waals surface area contributed by atoms with Crippen LogP contribution in [0.4, 0.5) is 0 Å². The van der Waals surface area contributed by atoms with Crippen LogP contribution in [0.2, 0.25) is 0 Å². The molecule has 0 aromatic rings. The fourth-order valence-corrected chi connectivity index (χ4v) is 0. The van der Waals surface area contributed by atoms with Gasteiger partial charge in [-0.15, -0.1) is 12.6 Å². The van der Waals surface area contributed by atoms with Gasteiger partial charge in [-0.25, -0.2) is 0 Å². The number of hydrogen-bond donors (Lipinski definition) is 2. The van der Waals surface area contributed by atoms with E-state index in [2.05, 4.69) is 30.2 Å². The Hall–Kier alpha value is 2.24. The van der Waals surface area contributed by atoms with Crippen LogP contribution in [-0.4, -0.2) is 11.4 Å². The maximum absolute atomic E-state index is 4.45. The summed E-state index contributed by atoms with van der Waals surface area (Å²) >= 11 is 8.17. The Balaban J connectivity index is -0.0000000133. The number of thiol groups is 1. The Kier molecular flexibility index (Phi) is 25.5. The summed E-state index contributed by atoms with van der Waals surface area (Å²) in [6.45, 7) is 0. The van der Waals surface area contributed by atoms with Crippen molar-refractivity contribution < 1.29 is 62.0 Å². The smallest absolute Gasteiger partial charge is 1.00 e. The molecule has 0 heterocycles. The fourth-order valence-electron chi connectivity index (χ4n) is 0. The van der Waals surface area contributed by atoms with Crippen molar-refractivity contribution in [2.75, 3.05) is 7.05 Å². The van der Waals surface area contributed by atoms with Crippen molar-refractivity contribution in [1.29, 1.82) is 0 Å². The van der Waals surface area contributed by atoms with Crippen molar-refractivity contribution in [3.63, 3.8) is 0 Å². The third kappa shape index (κ3) is 17.8. The third-order valence-electron chi connectivity index (χ3n) is 0.214. The van der Waals surface area contributed by atoms with Gasteiger partial charge in [0, 0.05) is 7.05 Å². The molecule has 0 fully saturated rings. The Morgan fingerprint density at radius 1 is 1.71 bits per heavy atom. The van der Waals surface area contributed by atoms with Gasteiger partial charge < -0.3 is 8.17 Å². The molecule has 0 amide bonds. The quantitative estimate of drug-likeness (QED) is 0.206. The summed E-state index contributed by atoms with van der Waals surface area (Å²) in [7, 11) is 1.73. The predicted octanol–water partition coefficient (Wildman–Crippen LogP) is -5.35. The third-order valence-corrected chi connectivity index (χ3v) is 0.642. The average molecular weight is 155 g/mol. The molecule has 5 heteroatoms. The first kappa shape index (κ1) is 16.1. The minimum Gasteiger partial charge on any atom is -1.00 e. The summed E-state index contributed by atoms with van der Waals surface area (Å²) in [6, 6.07) is 0. The molecule has 1 N–H and O–H groups in total. The van der Waals surface area contributed by atoms with Crippen LogP contribution < -0.4 is 64.4 Å². The van der Waals surface area contributed by atoms with Gasteiger partial charge >= 0.3 is 59.1 Å². The van der Waals surface area contributed by atoms with E-state index in [4.69, 9.17) is 0 Å². The molecular weight excluding hydrogens is 148 g/mol. The van der Waals surface area contributed by atoms with Gasteiger partial charge in [0.1, 0.15) is 4.32 Å². The molecule has 0 atom stereocenters. The first-order chi connectivity index (χ1) is 2.27. The molecule has 0 bridgehead atoms. The fraction of sp³-hybridized carbons (Fsp3) is 0.500. The normalized spacial score (nSPS) is 4.86. The Morgan fingerprint density at radius 3 is 1.86 bits per heavy atom. The minimum absolute atomic E-state index is 0. The van der Waals surface area contributed by atoms with Crippen molar-refractivity contribution in [1.82, 2.24) is 5.32 Å². The van der Waals surface area contributed by atoms with Crippen LogP contribution in [-0.2, 0) is 0 Å². The molecule has 1 nitrogen and oxygen atoms in total. The van der Waals surface area contributed by atoms with Crippen LogP contribution in [0.1, 0.15) is 2.85 Å². The monoisotopic (exact) mass is 155 g/mol. The van der Waals surface area contributed by atoms with E-state index in [-0.39, 0.29) is 62.0 Å². The number of rotatable bonds is 0. The summed E-state index contributed by atoms with van der Waals surface area (Å²) < 4.78 is 0.532. The van der Waals surface area contributed by atoms with E-state index in [1.54, 1.807) is 7.05 Å². The second-order valence-corrected chi connectivity index (χ2v) is 1.71. The molecular formula is C2H7NNa2S2. The average Bonchev–Trinajstić information content (AvgIpc) is 1.38. The SMILES string of the molecule is CNC(=S)S.[H-].[H-].[Na+].[Na+]. The Bertz CT molecular complexity index is 55.8. The molecule has 0 spiro atoms. The maximum atomic E-state index is 4.45. The number of thiocarbonyl (C=S) groups is 1. The second kappa shape index (κ2) is 11.1. The number of hydrogen-bond acceptors (Lipinski definition) is 1. The van der Waals surface area contributed by atoms with E-state index in [0.717, 1.165) is 0 Å². The zero-order chi connectivity index (χ0) is 4.28. The van der Waals surface area contributed by atoms with E-state index in [0.29, 0.717) is 4.32 Å². The largest absolute Gasteiger partial charge is 1.00 e. The first-order valence-corrected chi connectivity index (χ1v) is 2.03. The van der Waals surface area contributed by atoms with Gasteiger partial charge in [0.25, 0.3) is 0 Å². The molecule has 0 aliphatic heterocycles.